The first-order valence-corrected chi connectivity index (χ1v) is 8.38. The second kappa shape index (κ2) is 5.64. The Labute approximate surface area is 121 Å². The highest BCUT2D eigenvalue weighted by Crippen LogP contribution is 2.25. The summed E-state index contributed by atoms with van der Waals surface area (Å²) in [6.45, 7) is 0. The number of phenols is 1. The van der Waals surface area contributed by atoms with Crippen LogP contribution in [0.1, 0.15) is 0 Å². The van der Waals surface area contributed by atoms with Crippen LogP contribution in [0.15, 0.2) is 52.3 Å². The molecule has 7 heteroatoms. The topological polar surface area (TPSA) is 92.4 Å². The maximum Gasteiger partial charge on any atom is 0.261 e. The van der Waals surface area contributed by atoms with E-state index in [1.165, 1.54) is 30.0 Å². The van der Waals surface area contributed by atoms with Crippen LogP contribution >= 0.6 is 11.8 Å². The molecule has 0 saturated heterocycles. The number of thioether (sulfide) groups is 1. The summed E-state index contributed by atoms with van der Waals surface area (Å²) in [5.41, 5.74) is 6.01. The van der Waals surface area contributed by atoms with Gasteiger partial charge >= 0.3 is 0 Å². The average Bonchev–Trinajstić information content (AvgIpc) is 2.41. The van der Waals surface area contributed by atoms with E-state index < -0.39 is 10.0 Å². The molecule has 106 valence electrons. The van der Waals surface area contributed by atoms with Crippen LogP contribution in [-0.2, 0) is 10.0 Å². The van der Waals surface area contributed by atoms with Crippen molar-refractivity contribution in [2.45, 2.75) is 9.79 Å². The molecular formula is C13H14N2O3S2. The lowest BCUT2D eigenvalue weighted by Gasteiger charge is -2.10. The number of aromatic hydroxyl groups is 1. The SMILES string of the molecule is CSc1cccc(NS(=O)(=O)c2ccc(O)c(N)c2)c1. The van der Waals surface area contributed by atoms with Gasteiger partial charge in [-0.1, -0.05) is 6.07 Å². The molecule has 0 aliphatic rings. The van der Waals surface area contributed by atoms with Gasteiger partial charge in [0, 0.05) is 10.6 Å². The molecule has 2 aromatic carbocycles. The van der Waals surface area contributed by atoms with Crippen molar-refractivity contribution in [1.82, 2.24) is 0 Å². The fraction of sp³-hybridized carbons (Fsp3) is 0.0769. The number of nitrogen functional groups attached to an aromatic ring is 1. The van der Waals surface area contributed by atoms with Crippen LogP contribution in [0.25, 0.3) is 0 Å². The lowest BCUT2D eigenvalue weighted by Crippen LogP contribution is -2.13. The number of nitrogens with two attached hydrogens (primary N) is 1. The third-order valence-electron chi connectivity index (χ3n) is 2.63. The molecular weight excluding hydrogens is 296 g/mol. The van der Waals surface area contributed by atoms with Crippen molar-refractivity contribution < 1.29 is 13.5 Å². The maximum atomic E-state index is 12.2. The van der Waals surface area contributed by atoms with Crippen molar-refractivity contribution in [3.8, 4) is 5.75 Å². The Morgan fingerprint density at radius 1 is 1.20 bits per heavy atom. The molecule has 0 spiro atoms. The van der Waals surface area contributed by atoms with Crippen LogP contribution in [0.4, 0.5) is 11.4 Å². The van der Waals surface area contributed by atoms with E-state index in [0.717, 1.165) is 4.90 Å². The molecule has 0 amide bonds. The summed E-state index contributed by atoms with van der Waals surface area (Å²) >= 11 is 1.52. The molecule has 20 heavy (non-hydrogen) atoms. The molecule has 4 N–H and O–H groups in total. The highest BCUT2D eigenvalue weighted by Gasteiger charge is 2.15. The number of hydrogen-bond donors (Lipinski definition) is 3. The molecule has 0 bridgehead atoms. The Kier molecular flexibility index (Phi) is 4.10. The molecule has 0 unspecified atom stereocenters. The molecule has 0 atom stereocenters. The van der Waals surface area contributed by atoms with Crippen LogP contribution in [0.3, 0.4) is 0 Å². The summed E-state index contributed by atoms with van der Waals surface area (Å²) in [5.74, 6) is -0.145. The van der Waals surface area contributed by atoms with Gasteiger partial charge in [0.15, 0.2) is 0 Å². The molecule has 2 rings (SSSR count). The van der Waals surface area contributed by atoms with Crippen molar-refractivity contribution in [3.63, 3.8) is 0 Å². The van der Waals surface area contributed by atoms with E-state index in [0.29, 0.717) is 5.69 Å². The van der Waals surface area contributed by atoms with Crippen molar-refractivity contribution in [3.05, 3.63) is 42.5 Å². The Bertz CT molecular complexity index is 730. The fourth-order valence-corrected chi connectivity index (χ4v) is 3.14. The van der Waals surface area contributed by atoms with Gasteiger partial charge in [0.25, 0.3) is 10.0 Å². The molecule has 0 saturated carbocycles. The number of nitrogens with one attached hydrogen (secondary N) is 1. The average molecular weight is 310 g/mol. The Morgan fingerprint density at radius 2 is 1.95 bits per heavy atom. The van der Waals surface area contributed by atoms with Crippen molar-refractivity contribution in [2.24, 2.45) is 0 Å². The van der Waals surface area contributed by atoms with Crippen molar-refractivity contribution >= 4 is 33.2 Å². The van der Waals surface area contributed by atoms with E-state index in [9.17, 15) is 13.5 Å². The Morgan fingerprint density at radius 3 is 2.60 bits per heavy atom. The number of benzene rings is 2. The number of sulfonamides is 1. The maximum absolute atomic E-state index is 12.2. The van der Waals surface area contributed by atoms with E-state index in [2.05, 4.69) is 4.72 Å². The minimum atomic E-state index is -3.73. The second-order valence-electron chi connectivity index (χ2n) is 4.06. The molecule has 0 aliphatic carbocycles. The minimum Gasteiger partial charge on any atom is -0.506 e. The first-order valence-electron chi connectivity index (χ1n) is 5.68. The third kappa shape index (κ3) is 3.17. The zero-order chi connectivity index (χ0) is 14.8. The van der Waals surface area contributed by atoms with Gasteiger partial charge in [0.1, 0.15) is 5.75 Å². The normalized spacial score (nSPS) is 11.2. The van der Waals surface area contributed by atoms with Gasteiger partial charge in [-0.2, -0.15) is 0 Å². The summed E-state index contributed by atoms with van der Waals surface area (Å²) < 4.78 is 26.9. The second-order valence-corrected chi connectivity index (χ2v) is 6.62. The summed E-state index contributed by atoms with van der Waals surface area (Å²) in [7, 11) is -3.73. The lowest BCUT2D eigenvalue weighted by molar-refractivity contribution is 0.477. The van der Waals surface area contributed by atoms with E-state index >= 15 is 0 Å². The smallest absolute Gasteiger partial charge is 0.261 e. The van der Waals surface area contributed by atoms with Crippen molar-refractivity contribution in [2.75, 3.05) is 16.7 Å². The van der Waals surface area contributed by atoms with E-state index in [4.69, 9.17) is 5.73 Å². The van der Waals surface area contributed by atoms with E-state index in [1.54, 1.807) is 18.2 Å². The van der Waals surface area contributed by atoms with Crippen LogP contribution in [0.5, 0.6) is 5.75 Å². The molecule has 0 aromatic heterocycles. The summed E-state index contributed by atoms with van der Waals surface area (Å²) in [6.07, 6.45) is 1.91. The van der Waals surface area contributed by atoms with E-state index in [1.807, 2.05) is 12.3 Å². The highest BCUT2D eigenvalue weighted by atomic mass is 32.2. The zero-order valence-electron chi connectivity index (χ0n) is 10.7. The van der Waals surface area contributed by atoms with E-state index in [-0.39, 0.29) is 16.3 Å². The van der Waals surface area contributed by atoms with Gasteiger partial charge < -0.3 is 10.8 Å². The van der Waals surface area contributed by atoms with Crippen LogP contribution < -0.4 is 10.5 Å². The summed E-state index contributed by atoms with van der Waals surface area (Å²) in [5, 5.41) is 9.32. The largest absolute Gasteiger partial charge is 0.506 e. The van der Waals surface area contributed by atoms with Gasteiger partial charge in [0.2, 0.25) is 0 Å². The van der Waals surface area contributed by atoms with Gasteiger partial charge in [-0.15, -0.1) is 11.8 Å². The summed E-state index contributed by atoms with van der Waals surface area (Å²) in [4.78, 5) is 0.956. The number of anilines is 2. The molecule has 0 fully saturated rings. The quantitative estimate of drug-likeness (QED) is 0.458. The molecule has 5 nitrogen and oxygen atoms in total. The van der Waals surface area contributed by atoms with Gasteiger partial charge in [-0.25, -0.2) is 8.42 Å². The van der Waals surface area contributed by atoms with Crippen LogP contribution in [0.2, 0.25) is 0 Å². The molecule has 0 heterocycles. The first-order chi connectivity index (χ1) is 9.42. The monoisotopic (exact) mass is 310 g/mol. The highest BCUT2D eigenvalue weighted by molar-refractivity contribution is 7.98. The molecule has 2 aromatic rings. The number of rotatable bonds is 4. The van der Waals surface area contributed by atoms with Gasteiger partial charge in [-0.05, 0) is 42.7 Å². The fourth-order valence-electron chi connectivity index (χ4n) is 1.60. The Hall–Kier alpha value is -1.86. The van der Waals surface area contributed by atoms with Crippen molar-refractivity contribution in [1.29, 1.82) is 0 Å². The van der Waals surface area contributed by atoms with Crippen LogP contribution in [-0.4, -0.2) is 19.8 Å². The lowest BCUT2D eigenvalue weighted by atomic mass is 10.3. The number of phenolic OH excluding ortho intramolecular Hbond substituents is 1. The standard InChI is InChI=1S/C13H14N2O3S2/c1-19-10-4-2-3-9(7-10)15-20(17,18)11-5-6-13(16)12(14)8-11/h2-8,15-16H,14H2,1H3. The zero-order valence-corrected chi connectivity index (χ0v) is 12.3. The molecule has 0 aliphatic heterocycles. The summed E-state index contributed by atoms with van der Waals surface area (Å²) in [6, 6.07) is 10.8. The Balaban J connectivity index is 2.32. The third-order valence-corrected chi connectivity index (χ3v) is 4.74. The number of hydrogen-bond acceptors (Lipinski definition) is 5. The van der Waals surface area contributed by atoms with Crippen LogP contribution in [0, 0.1) is 0 Å². The predicted molar refractivity (Wildman–Crippen MR) is 81.6 cm³/mol. The first kappa shape index (κ1) is 14.5. The minimum absolute atomic E-state index is 0.00218. The predicted octanol–water partition coefficient (Wildman–Crippen LogP) is 2.50. The van der Waals surface area contributed by atoms with Gasteiger partial charge in [-0.3, -0.25) is 4.72 Å². The molecule has 0 radical (unpaired) electrons. The van der Waals surface area contributed by atoms with Gasteiger partial charge in [0.05, 0.1) is 10.6 Å².